The maximum absolute atomic E-state index is 5.53. The number of nitrogens with zero attached hydrogens (tertiary/aromatic N) is 5. The van der Waals surface area contributed by atoms with Gasteiger partial charge in [0, 0.05) is 23.0 Å². The summed E-state index contributed by atoms with van der Waals surface area (Å²) < 4.78 is 4.55. The number of hydrogen-bond acceptors (Lipinski definition) is 2. The van der Waals surface area contributed by atoms with E-state index >= 15 is 0 Å². The van der Waals surface area contributed by atoms with Gasteiger partial charge in [-0.25, -0.2) is 9.97 Å². The molecule has 0 saturated carbocycles. The SMILES string of the molecule is CC(C)(C)c1ccnc(-n2c3[c-]c(-c4cccc5c4nc(-c4cccc6c4[n-]c4ccccc46)n5-c4ccccc4)ccc3c3cc(-c4ccccc4)ccc32)c1.[Pt+2]. The fourth-order valence-electron chi connectivity index (χ4n) is 8.47. The first kappa shape index (κ1) is 35.8. The Bertz CT molecular complexity index is 3330. The molecule has 0 N–H and O–H groups in total. The van der Waals surface area contributed by atoms with Gasteiger partial charge in [0.25, 0.3) is 0 Å². The quantitative estimate of drug-likeness (QED) is 0.162. The van der Waals surface area contributed by atoms with Crippen molar-refractivity contribution in [2.24, 2.45) is 0 Å². The summed E-state index contributed by atoms with van der Waals surface area (Å²) in [5, 5.41) is 4.56. The van der Waals surface area contributed by atoms with Crippen LogP contribution in [0.3, 0.4) is 0 Å². The zero-order valence-corrected chi connectivity index (χ0v) is 34.5. The van der Waals surface area contributed by atoms with Crippen LogP contribution in [0.4, 0.5) is 0 Å². The number of pyridine rings is 1. The molecule has 4 heterocycles. The van der Waals surface area contributed by atoms with Gasteiger partial charge in [-0.05, 0) is 80.2 Å². The van der Waals surface area contributed by atoms with Crippen molar-refractivity contribution in [1.82, 2.24) is 24.1 Å². The largest absolute Gasteiger partial charge is 2.00 e. The summed E-state index contributed by atoms with van der Waals surface area (Å²) in [7, 11) is 0. The zero-order valence-electron chi connectivity index (χ0n) is 32.2. The van der Waals surface area contributed by atoms with Gasteiger partial charge < -0.3 is 9.55 Å². The molecule has 0 fully saturated rings. The van der Waals surface area contributed by atoms with E-state index in [9.17, 15) is 0 Å². The zero-order chi connectivity index (χ0) is 38.3. The van der Waals surface area contributed by atoms with E-state index in [-0.39, 0.29) is 26.5 Å². The first-order valence-electron chi connectivity index (χ1n) is 19.5. The predicted octanol–water partition coefficient (Wildman–Crippen LogP) is 12.9. The van der Waals surface area contributed by atoms with Gasteiger partial charge in [-0.1, -0.05) is 147 Å². The predicted molar refractivity (Wildman–Crippen MR) is 235 cm³/mol. The Morgan fingerprint density at radius 3 is 2.14 bits per heavy atom. The van der Waals surface area contributed by atoms with Crippen molar-refractivity contribution in [1.29, 1.82) is 0 Å². The molecule has 11 rings (SSSR count). The smallest absolute Gasteiger partial charge is 0.656 e. The molecular formula is C52H37N5Pt. The maximum Gasteiger partial charge on any atom is 2.00 e. The molecule has 5 nitrogen and oxygen atoms in total. The summed E-state index contributed by atoms with van der Waals surface area (Å²) in [6.07, 6.45) is 1.93. The van der Waals surface area contributed by atoms with Crippen molar-refractivity contribution in [3.63, 3.8) is 0 Å². The molecule has 0 unspecified atom stereocenters. The van der Waals surface area contributed by atoms with Crippen LogP contribution in [0.1, 0.15) is 26.3 Å². The summed E-state index contributed by atoms with van der Waals surface area (Å²) >= 11 is 0. The van der Waals surface area contributed by atoms with Gasteiger partial charge >= 0.3 is 21.1 Å². The monoisotopic (exact) mass is 926 g/mol. The van der Waals surface area contributed by atoms with Crippen molar-refractivity contribution in [3.8, 4) is 45.1 Å². The van der Waals surface area contributed by atoms with Crippen LogP contribution in [0.2, 0.25) is 0 Å². The van der Waals surface area contributed by atoms with Crippen LogP contribution in [-0.2, 0) is 26.5 Å². The van der Waals surface area contributed by atoms with E-state index in [1.54, 1.807) is 0 Å². The average Bonchev–Trinajstić information content (AvgIpc) is 3.93. The van der Waals surface area contributed by atoms with Crippen LogP contribution in [0.25, 0.3) is 99.8 Å². The molecule has 0 aliphatic carbocycles. The first-order valence-corrected chi connectivity index (χ1v) is 19.5. The Labute approximate surface area is 350 Å². The van der Waals surface area contributed by atoms with Crippen LogP contribution in [0, 0.1) is 6.07 Å². The molecule has 0 aliphatic heterocycles. The van der Waals surface area contributed by atoms with Gasteiger partial charge in [-0.3, -0.25) is 4.57 Å². The number of benzene rings is 7. The van der Waals surface area contributed by atoms with Gasteiger partial charge in [0.05, 0.1) is 11.0 Å². The summed E-state index contributed by atoms with van der Waals surface area (Å²) in [4.78, 5) is 15.6. The molecule has 280 valence electrons. The number of aromatic nitrogens is 5. The van der Waals surface area contributed by atoms with E-state index in [2.05, 4.69) is 194 Å². The second-order valence-electron chi connectivity index (χ2n) is 15.8. The Kier molecular flexibility index (Phi) is 8.54. The molecule has 0 atom stereocenters. The normalized spacial score (nSPS) is 11.9. The summed E-state index contributed by atoms with van der Waals surface area (Å²) in [5.74, 6) is 1.73. The fraction of sp³-hybridized carbons (Fsp3) is 0.0769. The molecule has 0 saturated heterocycles. The van der Waals surface area contributed by atoms with E-state index in [1.165, 1.54) is 16.7 Å². The first-order chi connectivity index (χ1) is 27.9. The molecule has 0 amide bonds. The minimum atomic E-state index is -0.0360. The van der Waals surface area contributed by atoms with Crippen LogP contribution < -0.4 is 4.98 Å². The van der Waals surface area contributed by atoms with Crippen molar-refractivity contribution in [3.05, 3.63) is 182 Å². The van der Waals surface area contributed by atoms with E-state index in [0.29, 0.717) is 0 Å². The molecule has 0 spiro atoms. The number of fused-ring (bicyclic) bond motifs is 7. The third-order valence-corrected chi connectivity index (χ3v) is 11.3. The standard InChI is InChI=1S/C52H37N5.Pt/c1-52(2,3)36-28-29-53-48(32-36)57-45-27-25-34(33-14-6-4-7-15-33)30-43(45)40-26-24-35(31-47(40)57)38-19-13-23-46-50(38)55-51(56(46)37-16-8-5-9-17-37)42-21-12-20-41-39-18-10-11-22-44(39)54-49(41)42;/h4-30,32H,1-3H3;/q-2;+2. The molecule has 11 aromatic rings. The molecule has 4 aromatic heterocycles. The van der Waals surface area contributed by atoms with Gasteiger partial charge in [0.15, 0.2) is 0 Å². The molecular weight excluding hydrogens is 890 g/mol. The topological polar surface area (TPSA) is 49.7 Å². The molecule has 0 bridgehead atoms. The van der Waals surface area contributed by atoms with Crippen molar-refractivity contribution < 1.29 is 21.1 Å². The average molecular weight is 927 g/mol. The van der Waals surface area contributed by atoms with Crippen LogP contribution in [-0.4, -0.2) is 19.1 Å². The third-order valence-electron chi connectivity index (χ3n) is 11.3. The maximum atomic E-state index is 5.53. The summed E-state index contributed by atoms with van der Waals surface area (Å²) in [5.41, 5.74) is 13.5. The number of imidazole rings is 1. The summed E-state index contributed by atoms with van der Waals surface area (Å²) in [6.45, 7) is 6.73. The molecule has 0 radical (unpaired) electrons. The molecule has 7 aromatic carbocycles. The van der Waals surface area contributed by atoms with Crippen molar-refractivity contribution in [2.45, 2.75) is 26.2 Å². The number of rotatable bonds is 5. The van der Waals surface area contributed by atoms with Crippen molar-refractivity contribution in [2.75, 3.05) is 0 Å². The van der Waals surface area contributed by atoms with Crippen molar-refractivity contribution >= 4 is 54.6 Å². The molecule has 6 heteroatoms. The van der Waals surface area contributed by atoms with Gasteiger partial charge in [0.2, 0.25) is 0 Å². The Hall–Kier alpha value is -6.55. The Morgan fingerprint density at radius 1 is 0.569 bits per heavy atom. The summed E-state index contributed by atoms with van der Waals surface area (Å²) in [6, 6.07) is 61.8. The molecule has 0 aliphatic rings. The second kappa shape index (κ2) is 13.8. The number of hydrogen-bond donors (Lipinski definition) is 0. The Balaban J connectivity index is 0.00000408. The molecule has 58 heavy (non-hydrogen) atoms. The fourth-order valence-corrected chi connectivity index (χ4v) is 8.47. The minimum Gasteiger partial charge on any atom is -0.656 e. The number of para-hydroxylation sites is 4. The van der Waals surface area contributed by atoms with E-state index in [4.69, 9.17) is 15.0 Å². The van der Waals surface area contributed by atoms with Crippen LogP contribution in [0.15, 0.2) is 170 Å². The third kappa shape index (κ3) is 5.72. The Morgan fingerprint density at radius 2 is 1.31 bits per heavy atom. The van der Waals surface area contributed by atoms with E-state index < -0.39 is 0 Å². The minimum absolute atomic E-state index is 0. The van der Waals surface area contributed by atoms with Crippen LogP contribution >= 0.6 is 0 Å². The van der Waals surface area contributed by atoms with Gasteiger partial charge in [0.1, 0.15) is 11.6 Å². The van der Waals surface area contributed by atoms with Gasteiger partial charge in [-0.2, -0.15) is 0 Å². The van der Waals surface area contributed by atoms with E-state index in [1.807, 2.05) is 12.3 Å². The second-order valence-corrected chi connectivity index (χ2v) is 15.8. The van der Waals surface area contributed by atoms with Crippen LogP contribution in [0.5, 0.6) is 0 Å². The van der Waals surface area contributed by atoms with E-state index in [0.717, 1.165) is 88.7 Å². The van der Waals surface area contributed by atoms with Gasteiger partial charge in [-0.15, -0.1) is 34.8 Å².